The third-order valence-corrected chi connectivity index (χ3v) is 3.61. The first-order valence-electron chi connectivity index (χ1n) is 7.20. The van der Waals surface area contributed by atoms with Crippen molar-refractivity contribution in [3.05, 3.63) is 48.3 Å². The molecule has 1 aromatic heterocycles. The number of imidazole rings is 1. The molecule has 116 valence electrons. The van der Waals surface area contributed by atoms with E-state index in [9.17, 15) is 4.39 Å². The predicted octanol–water partition coefficient (Wildman–Crippen LogP) is 4.65. The highest BCUT2D eigenvalue weighted by molar-refractivity contribution is 5.85. The first-order chi connectivity index (χ1) is 10.2. The Morgan fingerprint density at radius 2 is 1.86 bits per heavy atom. The van der Waals surface area contributed by atoms with Gasteiger partial charge in [-0.15, -0.1) is 12.4 Å². The predicted molar refractivity (Wildman–Crippen MR) is 91.7 cm³/mol. The van der Waals surface area contributed by atoms with Crippen molar-refractivity contribution in [2.45, 2.75) is 26.3 Å². The molecule has 0 unspecified atom stereocenters. The van der Waals surface area contributed by atoms with Crippen molar-refractivity contribution in [3.8, 4) is 11.4 Å². The Bertz CT molecular complexity index is 765. The Morgan fingerprint density at radius 1 is 1.14 bits per heavy atom. The van der Waals surface area contributed by atoms with Crippen LogP contribution in [0.2, 0.25) is 0 Å². The standard InChI is InChI=1S/C17H18FN3.ClH/c1-2-3-10-21-16-9-8-14(19)11-15(16)20-17(21)12-4-6-13(18)7-5-12;/h4-9,11H,2-3,10,19H2,1H3;1H. The van der Waals surface area contributed by atoms with E-state index in [1.165, 1.54) is 12.1 Å². The van der Waals surface area contributed by atoms with Crippen molar-refractivity contribution in [1.82, 2.24) is 9.55 Å². The molecule has 2 N–H and O–H groups in total. The number of halogens is 2. The zero-order valence-corrected chi connectivity index (χ0v) is 13.2. The Labute approximate surface area is 135 Å². The van der Waals surface area contributed by atoms with Crippen LogP contribution in [0, 0.1) is 5.82 Å². The van der Waals surface area contributed by atoms with Crippen molar-refractivity contribution in [2.24, 2.45) is 0 Å². The smallest absolute Gasteiger partial charge is 0.141 e. The first-order valence-corrected chi connectivity index (χ1v) is 7.20. The lowest BCUT2D eigenvalue weighted by Gasteiger charge is -2.08. The average Bonchev–Trinajstić information content (AvgIpc) is 2.83. The minimum Gasteiger partial charge on any atom is -0.399 e. The Balaban J connectivity index is 0.00000176. The number of nitrogens with two attached hydrogens (primary N) is 1. The molecule has 1 heterocycles. The Kier molecular flexibility index (Phi) is 5.03. The van der Waals surface area contributed by atoms with E-state index >= 15 is 0 Å². The van der Waals surface area contributed by atoms with Gasteiger partial charge in [0, 0.05) is 17.8 Å². The number of aromatic nitrogens is 2. The highest BCUT2D eigenvalue weighted by atomic mass is 35.5. The summed E-state index contributed by atoms with van der Waals surface area (Å²) in [5, 5.41) is 0. The van der Waals surface area contributed by atoms with Crippen LogP contribution in [0.4, 0.5) is 10.1 Å². The molecule has 5 heteroatoms. The SMILES string of the molecule is CCCCn1c(-c2ccc(F)cc2)nc2cc(N)ccc21.Cl. The number of rotatable bonds is 4. The molecule has 0 aliphatic heterocycles. The van der Waals surface area contributed by atoms with Gasteiger partial charge in [0.2, 0.25) is 0 Å². The number of aryl methyl sites for hydroxylation is 1. The summed E-state index contributed by atoms with van der Waals surface area (Å²) in [4.78, 5) is 4.69. The molecule has 0 atom stereocenters. The number of anilines is 1. The first kappa shape index (κ1) is 16.3. The van der Waals surface area contributed by atoms with Crippen molar-refractivity contribution in [3.63, 3.8) is 0 Å². The van der Waals surface area contributed by atoms with E-state index in [4.69, 9.17) is 5.73 Å². The third kappa shape index (κ3) is 3.07. The normalized spacial score (nSPS) is 10.6. The quantitative estimate of drug-likeness (QED) is 0.711. The molecule has 0 amide bonds. The fourth-order valence-corrected chi connectivity index (χ4v) is 2.51. The monoisotopic (exact) mass is 319 g/mol. The molecular weight excluding hydrogens is 301 g/mol. The lowest BCUT2D eigenvalue weighted by atomic mass is 10.2. The summed E-state index contributed by atoms with van der Waals surface area (Å²) >= 11 is 0. The molecule has 3 nitrogen and oxygen atoms in total. The minimum atomic E-state index is -0.237. The number of benzene rings is 2. The molecule has 0 bridgehead atoms. The van der Waals surface area contributed by atoms with Crippen LogP contribution >= 0.6 is 12.4 Å². The fraction of sp³-hybridized carbons (Fsp3) is 0.235. The summed E-state index contributed by atoms with van der Waals surface area (Å²) in [7, 11) is 0. The van der Waals surface area contributed by atoms with E-state index < -0.39 is 0 Å². The molecule has 0 aliphatic carbocycles. The summed E-state index contributed by atoms with van der Waals surface area (Å²) < 4.78 is 15.3. The molecule has 22 heavy (non-hydrogen) atoms. The summed E-state index contributed by atoms with van der Waals surface area (Å²) in [6, 6.07) is 12.2. The number of nitrogens with zero attached hydrogens (tertiary/aromatic N) is 2. The number of nitrogen functional groups attached to an aromatic ring is 1. The zero-order valence-electron chi connectivity index (χ0n) is 12.4. The van der Waals surface area contributed by atoms with Gasteiger partial charge in [0.1, 0.15) is 11.6 Å². The van der Waals surface area contributed by atoms with E-state index in [1.807, 2.05) is 18.2 Å². The molecule has 3 rings (SSSR count). The van der Waals surface area contributed by atoms with Crippen LogP contribution in [0.1, 0.15) is 19.8 Å². The number of unbranched alkanes of at least 4 members (excludes halogenated alkanes) is 1. The molecule has 0 spiro atoms. The summed E-state index contributed by atoms with van der Waals surface area (Å²) in [5.74, 6) is 0.628. The van der Waals surface area contributed by atoms with E-state index in [2.05, 4.69) is 16.5 Å². The highest BCUT2D eigenvalue weighted by Crippen LogP contribution is 2.26. The van der Waals surface area contributed by atoms with E-state index in [0.717, 1.165) is 41.8 Å². The molecule has 3 aromatic rings. The van der Waals surface area contributed by atoms with Crippen LogP contribution in [0.5, 0.6) is 0 Å². The molecule has 0 fully saturated rings. The Hall–Kier alpha value is -2.07. The summed E-state index contributed by atoms with van der Waals surface area (Å²) in [6.07, 6.45) is 2.18. The highest BCUT2D eigenvalue weighted by Gasteiger charge is 2.12. The van der Waals surface area contributed by atoms with Gasteiger partial charge in [-0.05, 0) is 48.9 Å². The van der Waals surface area contributed by atoms with Crippen LogP contribution < -0.4 is 5.73 Å². The molecule has 0 saturated heterocycles. The molecule has 0 saturated carbocycles. The van der Waals surface area contributed by atoms with Crippen LogP contribution in [-0.2, 0) is 6.54 Å². The van der Waals surface area contributed by atoms with E-state index in [1.54, 1.807) is 12.1 Å². The maximum Gasteiger partial charge on any atom is 0.141 e. The second kappa shape index (κ2) is 6.79. The molecule has 0 aliphatic rings. The van der Waals surface area contributed by atoms with Gasteiger partial charge < -0.3 is 10.3 Å². The fourth-order valence-electron chi connectivity index (χ4n) is 2.51. The van der Waals surface area contributed by atoms with Gasteiger partial charge in [-0.1, -0.05) is 13.3 Å². The molecular formula is C17H19ClFN3. The van der Waals surface area contributed by atoms with Crippen molar-refractivity contribution in [1.29, 1.82) is 0 Å². The third-order valence-electron chi connectivity index (χ3n) is 3.61. The number of hydrogen-bond donors (Lipinski definition) is 1. The van der Waals surface area contributed by atoms with Gasteiger partial charge in [-0.25, -0.2) is 9.37 Å². The number of fused-ring (bicyclic) bond motifs is 1. The molecule has 2 aromatic carbocycles. The molecule has 0 radical (unpaired) electrons. The van der Waals surface area contributed by atoms with Crippen LogP contribution in [0.25, 0.3) is 22.4 Å². The van der Waals surface area contributed by atoms with Crippen LogP contribution in [0.3, 0.4) is 0 Å². The topological polar surface area (TPSA) is 43.8 Å². The van der Waals surface area contributed by atoms with Crippen molar-refractivity contribution < 1.29 is 4.39 Å². The Morgan fingerprint density at radius 3 is 2.55 bits per heavy atom. The van der Waals surface area contributed by atoms with Gasteiger partial charge in [-0.2, -0.15) is 0 Å². The average molecular weight is 320 g/mol. The van der Waals surface area contributed by atoms with E-state index in [-0.39, 0.29) is 18.2 Å². The van der Waals surface area contributed by atoms with Gasteiger partial charge in [0.25, 0.3) is 0 Å². The summed E-state index contributed by atoms with van der Waals surface area (Å²) in [6.45, 7) is 3.05. The minimum absolute atomic E-state index is 0. The van der Waals surface area contributed by atoms with Gasteiger partial charge in [-0.3, -0.25) is 0 Å². The van der Waals surface area contributed by atoms with Gasteiger partial charge >= 0.3 is 0 Å². The van der Waals surface area contributed by atoms with Gasteiger partial charge in [0.15, 0.2) is 0 Å². The maximum atomic E-state index is 13.1. The zero-order chi connectivity index (χ0) is 14.8. The summed E-state index contributed by atoms with van der Waals surface area (Å²) in [5.41, 5.74) is 9.41. The lowest BCUT2D eigenvalue weighted by Crippen LogP contribution is -2.00. The second-order valence-corrected chi connectivity index (χ2v) is 5.20. The van der Waals surface area contributed by atoms with Crippen LogP contribution in [0.15, 0.2) is 42.5 Å². The van der Waals surface area contributed by atoms with Crippen LogP contribution in [-0.4, -0.2) is 9.55 Å². The van der Waals surface area contributed by atoms with E-state index in [0.29, 0.717) is 5.69 Å². The van der Waals surface area contributed by atoms with Gasteiger partial charge in [0.05, 0.1) is 11.0 Å². The largest absolute Gasteiger partial charge is 0.399 e. The van der Waals surface area contributed by atoms with Crippen molar-refractivity contribution >= 4 is 29.1 Å². The lowest BCUT2D eigenvalue weighted by molar-refractivity contribution is 0.627. The number of hydrogen-bond acceptors (Lipinski definition) is 2. The van der Waals surface area contributed by atoms with Crippen molar-refractivity contribution in [2.75, 3.05) is 5.73 Å². The second-order valence-electron chi connectivity index (χ2n) is 5.20. The maximum absolute atomic E-state index is 13.1.